The van der Waals surface area contributed by atoms with Crippen molar-refractivity contribution >= 4 is 17.6 Å². The molecule has 1 rings (SSSR count). The van der Waals surface area contributed by atoms with Gasteiger partial charge in [-0.1, -0.05) is 12.1 Å². The van der Waals surface area contributed by atoms with Gasteiger partial charge in [-0.05, 0) is 23.8 Å². The highest BCUT2D eigenvalue weighted by Gasteiger charge is 2.32. The molecule has 0 bridgehead atoms. The third kappa shape index (κ3) is 4.86. The highest BCUT2D eigenvalue weighted by Crippen LogP contribution is 2.26. The zero-order valence-electron chi connectivity index (χ0n) is 12.3. The predicted octanol–water partition coefficient (Wildman–Crippen LogP) is -1.37. The van der Waals surface area contributed by atoms with Crippen LogP contribution in [-0.4, -0.2) is 69.1 Å². The maximum Gasteiger partial charge on any atom is 0.233 e. The summed E-state index contributed by atoms with van der Waals surface area (Å²) in [6.45, 7) is -0.872. The van der Waals surface area contributed by atoms with Crippen molar-refractivity contribution in [1.29, 1.82) is 0 Å². The fourth-order valence-corrected chi connectivity index (χ4v) is 1.67. The number of rotatable bonds is 8. The highest BCUT2D eigenvalue weighted by molar-refractivity contribution is 6.43. The molecule has 0 saturated carbocycles. The van der Waals surface area contributed by atoms with Crippen molar-refractivity contribution in [2.75, 3.05) is 13.7 Å². The lowest BCUT2D eigenvalue weighted by Gasteiger charge is -2.19. The predicted molar refractivity (Wildman–Crippen MR) is 78.8 cm³/mol. The van der Waals surface area contributed by atoms with E-state index in [4.69, 9.17) is 14.9 Å². The molecular formula is C15H18O8. The van der Waals surface area contributed by atoms with E-state index in [1.807, 2.05) is 0 Å². The molecule has 0 heterocycles. The van der Waals surface area contributed by atoms with Crippen molar-refractivity contribution in [2.24, 2.45) is 0 Å². The van der Waals surface area contributed by atoms with Gasteiger partial charge in [0.1, 0.15) is 18.3 Å². The number of Topliss-reactive ketones (excluding diaryl/α,β-unsaturated/α-hetero) is 1. The summed E-state index contributed by atoms with van der Waals surface area (Å²) in [5, 5.41) is 46.1. The molecule has 0 aliphatic heterocycles. The number of methoxy groups -OCH3 is 1. The van der Waals surface area contributed by atoms with Crippen LogP contribution in [0.25, 0.3) is 6.08 Å². The van der Waals surface area contributed by atoms with Crippen LogP contribution in [0, 0.1) is 0 Å². The number of carbonyl (C=O) groups is 2. The molecule has 5 N–H and O–H groups in total. The van der Waals surface area contributed by atoms with Gasteiger partial charge >= 0.3 is 0 Å². The van der Waals surface area contributed by atoms with Gasteiger partial charge in [0, 0.05) is 0 Å². The Labute approximate surface area is 131 Å². The summed E-state index contributed by atoms with van der Waals surface area (Å²) >= 11 is 0. The lowest BCUT2D eigenvalue weighted by atomic mass is 10.0. The second kappa shape index (κ2) is 8.39. The molecular weight excluding hydrogens is 308 g/mol. The average molecular weight is 326 g/mol. The molecule has 0 radical (unpaired) electrons. The molecule has 8 nitrogen and oxygen atoms in total. The number of hydrogen-bond acceptors (Lipinski definition) is 8. The van der Waals surface area contributed by atoms with Crippen LogP contribution >= 0.6 is 0 Å². The SMILES string of the molecule is COc1cc(/C=C/C(=O)C(=O)[C@@H](O)[C@H](O)[C@H](O)CO)ccc1O. The maximum absolute atomic E-state index is 11.7. The van der Waals surface area contributed by atoms with E-state index >= 15 is 0 Å². The second-order valence-corrected chi connectivity index (χ2v) is 4.68. The largest absolute Gasteiger partial charge is 0.504 e. The summed E-state index contributed by atoms with van der Waals surface area (Å²) in [6, 6.07) is 4.22. The van der Waals surface area contributed by atoms with Gasteiger partial charge in [-0.15, -0.1) is 0 Å². The molecule has 0 amide bonds. The average Bonchev–Trinajstić information content (AvgIpc) is 2.57. The molecule has 0 fully saturated rings. The van der Waals surface area contributed by atoms with Gasteiger partial charge in [-0.25, -0.2) is 0 Å². The van der Waals surface area contributed by atoms with E-state index in [0.29, 0.717) is 5.56 Å². The molecule has 0 unspecified atom stereocenters. The maximum atomic E-state index is 11.7. The van der Waals surface area contributed by atoms with Crippen LogP contribution in [0.2, 0.25) is 0 Å². The summed E-state index contributed by atoms with van der Waals surface area (Å²) in [5.41, 5.74) is 0.450. The van der Waals surface area contributed by atoms with Gasteiger partial charge in [0.25, 0.3) is 0 Å². The molecule has 3 atom stereocenters. The van der Waals surface area contributed by atoms with Gasteiger partial charge in [0.2, 0.25) is 11.6 Å². The molecule has 0 spiro atoms. The Balaban J connectivity index is 2.80. The quantitative estimate of drug-likeness (QED) is 0.290. The molecule has 23 heavy (non-hydrogen) atoms. The van der Waals surface area contributed by atoms with Gasteiger partial charge in [-0.3, -0.25) is 9.59 Å². The number of aromatic hydroxyl groups is 1. The molecule has 126 valence electrons. The Kier molecular flexibility index (Phi) is 6.86. The Morgan fingerprint density at radius 2 is 1.91 bits per heavy atom. The van der Waals surface area contributed by atoms with Crippen molar-refractivity contribution in [1.82, 2.24) is 0 Å². The molecule has 0 aromatic heterocycles. The summed E-state index contributed by atoms with van der Waals surface area (Å²) in [5.74, 6) is -2.35. The van der Waals surface area contributed by atoms with Crippen LogP contribution in [0.1, 0.15) is 5.56 Å². The van der Waals surface area contributed by atoms with Crippen LogP contribution in [0.4, 0.5) is 0 Å². The van der Waals surface area contributed by atoms with Crippen LogP contribution < -0.4 is 4.74 Å². The number of phenols is 1. The Hall–Kier alpha value is -2.26. The van der Waals surface area contributed by atoms with E-state index in [-0.39, 0.29) is 11.5 Å². The first-order valence-electron chi connectivity index (χ1n) is 6.60. The normalized spacial score (nSPS) is 15.2. The lowest BCUT2D eigenvalue weighted by molar-refractivity contribution is -0.147. The van der Waals surface area contributed by atoms with Crippen molar-refractivity contribution in [3.8, 4) is 11.5 Å². The molecule has 1 aromatic carbocycles. The minimum atomic E-state index is -2.15. The van der Waals surface area contributed by atoms with Gasteiger partial charge in [0.05, 0.1) is 13.7 Å². The van der Waals surface area contributed by atoms with Crippen molar-refractivity contribution < 1.29 is 39.9 Å². The van der Waals surface area contributed by atoms with Crippen LogP contribution in [0.15, 0.2) is 24.3 Å². The first-order valence-corrected chi connectivity index (χ1v) is 6.60. The number of ether oxygens (including phenoxy) is 1. The topological polar surface area (TPSA) is 145 Å². The number of phenolic OH excluding ortho intramolecular Hbond substituents is 1. The minimum Gasteiger partial charge on any atom is -0.504 e. The zero-order chi connectivity index (χ0) is 17.6. The lowest BCUT2D eigenvalue weighted by Crippen LogP contribution is -2.45. The van der Waals surface area contributed by atoms with E-state index in [0.717, 1.165) is 6.08 Å². The van der Waals surface area contributed by atoms with Crippen molar-refractivity contribution in [3.05, 3.63) is 29.8 Å². The zero-order valence-corrected chi connectivity index (χ0v) is 12.3. The summed E-state index contributed by atoms with van der Waals surface area (Å²) in [4.78, 5) is 23.3. The third-order valence-electron chi connectivity index (χ3n) is 3.05. The number of hydrogen-bond donors (Lipinski definition) is 5. The summed E-state index contributed by atoms with van der Waals surface area (Å²) < 4.78 is 4.89. The standard InChI is InChI=1S/C15H18O8/c1-23-12-6-8(2-4-9(12)17)3-5-10(18)13(20)15(22)14(21)11(19)7-16/h2-6,11,14-17,19,21-22H,7H2,1H3/b5-3+/t11-,14-,15-/m1/s1. The second-order valence-electron chi connectivity index (χ2n) is 4.68. The summed E-state index contributed by atoms with van der Waals surface area (Å²) in [6.07, 6.45) is -3.74. The Morgan fingerprint density at radius 3 is 2.48 bits per heavy atom. The molecule has 1 aromatic rings. The minimum absolute atomic E-state index is 0.0939. The number of aliphatic hydroxyl groups is 4. The first-order chi connectivity index (χ1) is 10.8. The molecule has 8 heteroatoms. The van der Waals surface area contributed by atoms with Crippen molar-refractivity contribution in [2.45, 2.75) is 18.3 Å². The van der Waals surface area contributed by atoms with Crippen molar-refractivity contribution in [3.63, 3.8) is 0 Å². The number of allylic oxidation sites excluding steroid dienone is 1. The van der Waals surface area contributed by atoms with Crippen LogP contribution in [0.5, 0.6) is 11.5 Å². The smallest absolute Gasteiger partial charge is 0.233 e. The fourth-order valence-electron chi connectivity index (χ4n) is 1.67. The number of aliphatic hydroxyl groups excluding tert-OH is 4. The fraction of sp³-hybridized carbons (Fsp3) is 0.333. The number of benzene rings is 1. The van der Waals surface area contributed by atoms with E-state index < -0.39 is 36.5 Å². The Morgan fingerprint density at radius 1 is 1.26 bits per heavy atom. The first kappa shape index (κ1) is 18.8. The van der Waals surface area contributed by atoms with Gasteiger partial charge in [0.15, 0.2) is 11.5 Å². The monoisotopic (exact) mass is 326 g/mol. The Bertz CT molecular complexity index is 595. The van der Waals surface area contributed by atoms with Crippen LogP contribution in [0.3, 0.4) is 0 Å². The highest BCUT2D eigenvalue weighted by atomic mass is 16.5. The van der Waals surface area contributed by atoms with E-state index in [1.54, 1.807) is 0 Å². The van der Waals surface area contributed by atoms with Gasteiger partial charge < -0.3 is 30.3 Å². The number of ketones is 2. The van der Waals surface area contributed by atoms with Crippen LogP contribution in [-0.2, 0) is 9.59 Å². The number of carbonyl (C=O) groups excluding carboxylic acids is 2. The van der Waals surface area contributed by atoms with Gasteiger partial charge in [-0.2, -0.15) is 0 Å². The molecule has 0 aliphatic carbocycles. The van der Waals surface area contributed by atoms with E-state index in [1.165, 1.54) is 31.4 Å². The molecule has 0 aliphatic rings. The molecule has 0 saturated heterocycles. The van der Waals surface area contributed by atoms with E-state index in [2.05, 4.69) is 0 Å². The van der Waals surface area contributed by atoms with E-state index in [9.17, 15) is 24.9 Å². The summed E-state index contributed by atoms with van der Waals surface area (Å²) in [7, 11) is 1.35. The third-order valence-corrected chi connectivity index (χ3v) is 3.05.